The summed E-state index contributed by atoms with van der Waals surface area (Å²) in [6.45, 7) is 4.70. The third kappa shape index (κ3) is 3.98. The number of hydrogen-bond donors (Lipinski definition) is 1. The van der Waals surface area contributed by atoms with Gasteiger partial charge in [0.05, 0.1) is 11.5 Å². The van der Waals surface area contributed by atoms with Crippen molar-refractivity contribution in [3.05, 3.63) is 33.7 Å². The van der Waals surface area contributed by atoms with Crippen LogP contribution < -0.4 is 5.56 Å². The average Bonchev–Trinajstić information content (AvgIpc) is 2.46. The zero-order valence-corrected chi connectivity index (χ0v) is 13.8. The van der Waals surface area contributed by atoms with Crippen molar-refractivity contribution in [1.82, 2.24) is 9.88 Å². The SMILES string of the molecule is CC(C)(C)OC(=O)N1CCC(F)(F)C(c2c[nH]c(=O)c(C=O)c2)C1. The molecule has 0 bridgehead atoms. The van der Waals surface area contributed by atoms with Gasteiger partial charge in [-0.3, -0.25) is 9.59 Å². The molecule has 2 rings (SSSR count). The molecule has 0 radical (unpaired) electrons. The molecule has 2 heterocycles. The summed E-state index contributed by atoms with van der Waals surface area (Å²) >= 11 is 0. The minimum atomic E-state index is -3.06. The van der Waals surface area contributed by atoms with Crippen LogP contribution in [-0.4, -0.2) is 46.9 Å². The minimum absolute atomic E-state index is 0.106. The van der Waals surface area contributed by atoms with Gasteiger partial charge in [-0.2, -0.15) is 0 Å². The largest absolute Gasteiger partial charge is 0.444 e. The normalized spacial score (nSPS) is 20.5. The zero-order chi connectivity index (χ0) is 18.1. The maximum atomic E-state index is 14.3. The molecule has 1 fully saturated rings. The van der Waals surface area contributed by atoms with Crippen molar-refractivity contribution in [2.45, 2.75) is 44.6 Å². The van der Waals surface area contributed by atoms with Crippen molar-refractivity contribution in [1.29, 1.82) is 0 Å². The lowest BCUT2D eigenvalue weighted by atomic mass is 9.87. The van der Waals surface area contributed by atoms with E-state index < -0.39 is 35.5 Å². The molecular weight excluding hydrogens is 322 g/mol. The van der Waals surface area contributed by atoms with Crippen LogP contribution in [0.4, 0.5) is 13.6 Å². The summed E-state index contributed by atoms with van der Waals surface area (Å²) in [4.78, 5) is 37.9. The molecule has 24 heavy (non-hydrogen) atoms. The van der Waals surface area contributed by atoms with Crippen molar-refractivity contribution in [2.75, 3.05) is 13.1 Å². The molecule has 0 aromatic carbocycles. The van der Waals surface area contributed by atoms with Crippen LogP contribution in [0.2, 0.25) is 0 Å². The number of piperidine rings is 1. The zero-order valence-electron chi connectivity index (χ0n) is 13.8. The molecule has 1 unspecified atom stereocenters. The lowest BCUT2D eigenvalue weighted by molar-refractivity contribution is -0.0771. The van der Waals surface area contributed by atoms with Crippen LogP contribution >= 0.6 is 0 Å². The van der Waals surface area contributed by atoms with Crippen LogP contribution in [0.3, 0.4) is 0 Å². The number of nitrogens with zero attached hydrogens (tertiary/aromatic N) is 1. The Hall–Kier alpha value is -2.25. The van der Waals surface area contributed by atoms with Gasteiger partial charge < -0.3 is 14.6 Å². The number of aldehydes is 1. The number of alkyl halides is 2. The van der Waals surface area contributed by atoms with E-state index in [0.717, 1.165) is 12.3 Å². The summed E-state index contributed by atoms with van der Waals surface area (Å²) in [5.41, 5.74) is -1.49. The molecule has 0 aliphatic carbocycles. The highest BCUT2D eigenvalue weighted by atomic mass is 19.3. The molecule has 1 saturated heterocycles. The minimum Gasteiger partial charge on any atom is -0.444 e. The van der Waals surface area contributed by atoms with Crippen molar-refractivity contribution in [3.8, 4) is 0 Å². The van der Waals surface area contributed by atoms with Gasteiger partial charge in [0, 0.05) is 25.7 Å². The number of ether oxygens (including phenoxy) is 1. The fourth-order valence-electron chi connectivity index (χ4n) is 2.55. The van der Waals surface area contributed by atoms with Crippen molar-refractivity contribution < 1.29 is 23.1 Å². The van der Waals surface area contributed by atoms with Gasteiger partial charge in [0.1, 0.15) is 5.60 Å². The molecule has 1 aliphatic heterocycles. The number of carbonyl (C=O) groups excluding carboxylic acids is 2. The van der Waals surface area contributed by atoms with E-state index in [1.807, 2.05) is 0 Å². The molecule has 6 nitrogen and oxygen atoms in total. The third-order valence-corrected chi connectivity index (χ3v) is 3.76. The van der Waals surface area contributed by atoms with Gasteiger partial charge in [0.25, 0.3) is 11.5 Å². The number of aromatic nitrogens is 1. The number of H-pyrrole nitrogens is 1. The van der Waals surface area contributed by atoms with Crippen LogP contribution in [0, 0.1) is 0 Å². The van der Waals surface area contributed by atoms with Gasteiger partial charge >= 0.3 is 6.09 Å². The number of aromatic amines is 1. The van der Waals surface area contributed by atoms with E-state index in [1.54, 1.807) is 20.8 Å². The predicted molar refractivity (Wildman–Crippen MR) is 82.6 cm³/mol. The Kier molecular flexibility index (Phi) is 4.77. The summed E-state index contributed by atoms with van der Waals surface area (Å²) in [7, 11) is 0. The Morgan fingerprint density at radius 1 is 1.46 bits per heavy atom. The van der Waals surface area contributed by atoms with E-state index in [-0.39, 0.29) is 24.2 Å². The van der Waals surface area contributed by atoms with Crippen molar-refractivity contribution >= 4 is 12.4 Å². The van der Waals surface area contributed by atoms with Crippen LogP contribution in [0.5, 0.6) is 0 Å². The maximum absolute atomic E-state index is 14.3. The van der Waals surface area contributed by atoms with E-state index >= 15 is 0 Å². The van der Waals surface area contributed by atoms with Crippen LogP contribution in [0.15, 0.2) is 17.1 Å². The number of nitrogens with one attached hydrogen (secondary N) is 1. The summed E-state index contributed by atoms with van der Waals surface area (Å²) in [6.07, 6.45) is 0.288. The summed E-state index contributed by atoms with van der Waals surface area (Å²) < 4.78 is 33.8. The monoisotopic (exact) mass is 342 g/mol. The number of rotatable bonds is 2. The highest BCUT2D eigenvalue weighted by Crippen LogP contribution is 2.40. The molecule has 132 valence electrons. The van der Waals surface area contributed by atoms with Gasteiger partial charge in [0.2, 0.25) is 0 Å². The highest BCUT2D eigenvalue weighted by molar-refractivity contribution is 5.74. The standard InChI is InChI=1S/C16H20F2N2O4/c1-15(2,3)24-14(23)20-5-4-16(17,18)12(8-20)10-6-11(9-21)13(22)19-7-10/h6-7,9,12H,4-5,8H2,1-3H3,(H,19,22). The van der Waals surface area contributed by atoms with Gasteiger partial charge in [-0.15, -0.1) is 0 Å². The second-order valence-corrected chi connectivity index (χ2v) is 6.83. The quantitative estimate of drug-likeness (QED) is 0.838. The first-order valence-electron chi connectivity index (χ1n) is 7.57. The summed E-state index contributed by atoms with van der Waals surface area (Å²) in [5.74, 6) is -4.38. The van der Waals surface area contributed by atoms with Crippen molar-refractivity contribution in [3.63, 3.8) is 0 Å². The van der Waals surface area contributed by atoms with Gasteiger partial charge in [-0.25, -0.2) is 13.6 Å². The van der Waals surface area contributed by atoms with E-state index in [9.17, 15) is 23.2 Å². The Balaban J connectivity index is 2.28. The van der Waals surface area contributed by atoms with Gasteiger partial charge in [0.15, 0.2) is 6.29 Å². The van der Waals surface area contributed by atoms with Crippen molar-refractivity contribution in [2.24, 2.45) is 0 Å². The lowest BCUT2D eigenvalue weighted by Gasteiger charge is -2.39. The second-order valence-electron chi connectivity index (χ2n) is 6.83. The third-order valence-electron chi connectivity index (χ3n) is 3.76. The fraction of sp³-hybridized carbons (Fsp3) is 0.562. The summed E-state index contributed by atoms with van der Waals surface area (Å²) in [6, 6.07) is 1.14. The Labute approximate surface area is 137 Å². The predicted octanol–water partition coefficient (Wildman–Crippen LogP) is 2.55. The molecule has 1 aliphatic rings. The van der Waals surface area contributed by atoms with Gasteiger partial charge in [-0.1, -0.05) is 0 Å². The van der Waals surface area contributed by atoms with E-state index in [4.69, 9.17) is 4.74 Å². The molecule has 1 aromatic heterocycles. The van der Waals surface area contributed by atoms with Crippen LogP contribution in [0.25, 0.3) is 0 Å². The topological polar surface area (TPSA) is 79.5 Å². The molecular formula is C16H20F2N2O4. The van der Waals surface area contributed by atoms with E-state index in [1.165, 1.54) is 4.90 Å². The number of pyridine rings is 1. The molecule has 1 aromatic rings. The first-order valence-corrected chi connectivity index (χ1v) is 7.57. The highest BCUT2D eigenvalue weighted by Gasteiger charge is 2.46. The Morgan fingerprint density at radius 2 is 2.12 bits per heavy atom. The first kappa shape index (κ1) is 18.1. The first-order chi connectivity index (χ1) is 11.0. The maximum Gasteiger partial charge on any atom is 0.410 e. The Bertz CT molecular complexity index is 694. The van der Waals surface area contributed by atoms with E-state index in [2.05, 4.69) is 4.98 Å². The molecule has 1 amide bonds. The number of halogens is 2. The Morgan fingerprint density at radius 3 is 2.71 bits per heavy atom. The molecule has 0 spiro atoms. The van der Waals surface area contributed by atoms with E-state index in [0.29, 0.717) is 6.29 Å². The number of carbonyl (C=O) groups is 2. The molecule has 1 N–H and O–H groups in total. The average molecular weight is 342 g/mol. The number of likely N-dealkylation sites (tertiary alicyclic amines) is 1. The number of hydrogen-bond acceptors (Lipinski definition) is 4. The molecule has 0 saturated carbocycles. The summed E-state index contributed by atoms with van der Waals surface area (Å²) in [5, 5.41) is 0. The van der Waals surface area contributed by atoms with Crippen LogP contribution in [0.1, 0.15) is 49.0 Å². The fourth-order valence-corrected chi connectivity index (χ4v) is 2.55. The lowest BCUT2D eigenvalue weighted by Crippen LogP contribution is -2.49. The molecule has 8 heteroatoms. The second kappa shape index (κ2) is 6.33. The van der Waals surface area contributed by atoms with Crippen LogP contribution in [-0.2, 0) is 4.74 Å². The smallest absolute Gasteiger partial charge is 0.410 e. The number of amides is 1. The van der Waals surface area contributed by atoms with Gasteiger partial charge in [-0.05, 0) is 32.4 Å². The molecule has 1 atom stereocenters.